The van der Waals surface area contributed by atoms with Crippen LogP contribution >= 0.6 is 0 Å². The molecule has 0 aliphatic rings. The van der Waals surface area contributed by atoms with Gasteiger partial charge >= 0.3 is 6.01 Å². The number of rotatable bonds is 5. The van der Waals surface area contributed by atoms with Gasteiger partial charge in [-0.25, -0.2) is 9.97 Å². The van der Waals surface area contributed by atoms with E-state index in [1.54, 1.807) is 25.1 Å². The summed E-state index contributed by atoms with van der Waals surface area (Å²) in [7, 11) is -2.33. The molecule has 0 saturated carbocycles. The first-order chi connectivity index (χ1) is 9.58. The van der Waals surface area contributed by atoms with Crippen LogP contribution in [0.3, 0.4) is 0 Å². The number of hydrogen-bond acceptors (Lipinski definition) is 6. The van der Waals surface area contributed by atoms with E-state index in [4.69, 9.17) is 8.92 Å². The van der Waals surface area contributed by atoms with Gasteiger partial charge in [-0.15, -0.1) is 0 Å². The Morgan fingerprint density at radius 1 is 1.15 bits per heavy atom. The van der Waals surface area contributed by atoms with E-state index in [0.717, 1.165) is 0 Å². The molecular formula is C13H14N2O4S. The molecule has 2 rings (SSSR count). The van der Waals surface area contributed by atoms with Gasteiger partial charge in [0.25, 0.3) is 10.1 Å². The zero-order valence-corrected chi connectivity index (χ0v) is 11.9. The van der Waals surface area contributed by atoms with Crippen molar-refractivity contribution in [3.8, 4) is 17.1 Å². The maximum absolute atomic E-state index is 12.1. The average molecular weight is 294 g/mol. The molecule has 0 spiro atoms. The molecule has 0 saturated heterocycles. The number of hydrogen-bond donors (Lipinski definition) is 0. The zero-order chi connectivity index (χ0) is 14.6. The fourth-order valence-corrected chi connectivity index (χ4v) is 2.84. The first-order valence-electron chi connectivity index (χ1n) is 5.93. The highest BCUT2D eigenvalue weighted by atomic mass is 32.2. The normalized spacial score (nSPS) is 11.3. The predicted octanol–water partition coefficient (Wildman–Crippen LogP) is 1.88. The number of aromatic nitrogens is 2. The Labute approximate surface area is 117 Å². The van der Waals surface area contributed by atoms with Crippen molar-refractivity contribution in [3.63, 3.8) is 0 Å². The van der Waals surface area contributed by atoms with Crippen LogP contribution in [0.2, 0.25) is 0 Å². The summed E-state index contributed by atoms with van der Waals surface area (Å²) < 4.78 is 33.8. The maximum atomic E-state index is 12.1. The van der Waals surface area contributed by atoms with Gasteiger partial charge in [0.1, 0.15) is 4.90 Å². The molecule has 0 N–H and O–H groups in total. The van der Waals surface area contributed by atoms with Crippen LogP contribution in [-0.2, 0) is 14.3 Å². The van der Waals surface area contributed by atoms with Gasteiger partial charge in [-0.2, -0.15) is 8.42 Å². The van der Waals surface area contributed by atoms with Gasteiger partial charge in [-0.1, -0.05) is 18.2 Å². The number of nitrogens with zero attached hydrogens (tertiary/aromatic N) is 2. The molecule has 0 aliphatic carbocycles. The summed E-state index contributed by atoms with van der Waals surface area (Å²) in [5.41, 5.74) is 1.06. The second-order valence-electron chi connectivity index (χ2n) is 3.82. The van der Waals surface area contributed by atoms with Crippen molar-refractivity contribution in [1.29, 1.82) is 0 Å². The Bertz CT molecular complexity index is 684. The number of ether oxygens (including phenoxy) is 1. The molecule has 20 heavy (non-hydrogen) atoms. The lowest BCUT2D eigenvalue weighted by molar-refractivity contribution is 0.338. The van der Waals surface area contributed by atoms with E-state index < -0.39 is 10.1 Å². The lowest BCUT2D eigenvalue weighted by atomic mass is 10.1. The molecule has 0 bridgehead atoms. The van der Waals surface area contributed by atoms with Crippen molar-refractivity contribution in [1.82, 2.24) is 9.97 Å². The van der Waals surface area contributed by atoms with E-state index in [9.17, 15) is 8.42 Å². The molecule has 0 atom stereocenters. The SMILES string of the molecule is CCOS(=O)(=O)c1ccccc1-c1cnc(OC)nc1. The lowest BCUT2D eigenvalue weighted by Crippen LogP contribution is -2.07. The van der Waals surface area contributed by atoms with Crippen LogP contribution in [0.25, 0.3) is 11.1 Å². The summed E-state index contributed by atoms with van der Waals surface area (Å²) in [6, 6.07) is 6.77. The molecule has 0 radical (unpaired) electrons. The highest BCUT2D eigenvalue weighted by Crippen LogP contribution is 2.27. The Kier molecular flexibility index (Phi) is 4.31. The topological polar surface area (TPSA) is 78.4 Å². The molecule has 0 fully saturated rings. The second kappa shape index (κ2) is 5.98. The number of benzene rings is 1. The minimum Gasteiger partial charge on any atom is -0.467 e. The summed E-state index contributed by atoms with van der Waals surface area (Å²) >= 11 is 0. The van der Waals surface area contributed by atoms with Crippen LogP contribution in [0.4, 0.5) is 0 Å². The molecule has 7 heteroatoms. The smallest absolute Gasteiger partial charge is 0.316 e. The van der Waals surface area contributed by atoms with E-state index in [1.807, 2.05) is 0 Å². The van der Waals surface area contributed by atoms with Crippen LogP contribution in [0, 0.1) is 0 Å². The van der Waals surface area contributed by atoms with E-state index in [1.165, 1.54) is 25.6 Å². The molecule has 1 heterocycles. The third-order valence-corrected chi connectivity index (χ3v) is 3.99. The minimum atomic E-state index is -3.79. The Hall–Kier alpha value is -1.99. The summed E-state index contributed by atoms with van der Waals surface area (Å²) in [5, 5.41) is 0. The highest BCUT2D eigenvalue weighted by Gasteiger charge is 2.19. The minimum absolute atomic E-state index is 0.0791. The Morgan fingerprint density at radius 3 is 2.40 bits per heavy atom. The molecule has 2 aromatic rings. The van der Waals surface area contributed by atoms with Crippen molar-refractivity contribution in [3.05, 3.63) is 36.7 Å². The summed E-state index contributed by atoms with van der Waals surface area (Å²) in [6.07, 6.45) is 3.01. The fourth-order valence-electron chi connectivity index (χ4n) is 1.70. The maximum Gasteiger partial charge on any atom is 0.316 e. The van der Waals surface area contributed by atoms with Crippen molar-refractivity contribution < 1.29 is 17.3 Å². The third-order valence-electron chi connectivity index (χ3n) is 2.55. The molecule has 1 aromatic carbocycles. The largest absolute Gasteiger partial charge is 0.467 e. The van der Waals surface area contributed by atoms with E-state index in [2.05, 4.69) is 9.97 Å². The van der Waals surface area contributed by atoms with Gasteiger partial charge in [-0.05, 0) is 13.0 Å². The van der Waals surface area contributed by atoms with Gasteiger partial charge in [0.05, 0.1) is 13.7 Å². The fraction of sp³-hybridized carbons (Fsp3) is 0.231. The van der Waals surface area contributed by atoms with Crippen LogP contribution in [0.1, 0.15) is 6.92 Å². The van der Waals surface area contributed by atoms with Gasteiger partial charge in [0, 0.05) is 23.5 Å². The molecule has 1 aromatic heterocycles. The van der Waals surface area contributed by atoms with E-state index in [-0.39, 0.29) is 17.5 Å². The first-order valence-corrected chi connectivity index (χ1v) is 7.34. The molecule has 0 unspecified atom stereocenters. The standard InChI is InChI=1S/C13H14N2O4S/c1-3-19-20(16,17)12-7-5-4-6-11(12)10-8-14-13(18-2)15-9-10/h4-9H,3H2,1-2H3. The van der Waals surface area contributed by atoms with Crippen molar-refractivity contribution in [2.75, 3.05) is 13.7 Å². The second-order valence-corrected chi connectivity index (χ2v) is 5.40. The van der Waals surface area contributed by atoms with E-state index in [0.29, 0.717) is 11.1 Å². The Morgan fingerprint density at radius 2 is 1.80 bits per heavy atom. The highest BCUT2D eigenvalue weighted by molar-refractivity contribution is 7.87. The van der Waals surface area contributed by atoms with Gasteiger partial charge < -0.3 is 4.74 Å². The lowest BCUT2D eigenvalue weighted by Gasteiger charge is -2.09. The summed E-state index contributed by atoms with van der Waals surface area (Å²) in [6.45, 7) is 1.70. The Balaban J connectivity index is 2.52. The van der Waals surface area contributed by atoms with E-state index >= 15 is 0 Å². The molecular weight excluding hydrogens is 280 g/mol. The first kappa shape index (κ1) is 14.4. The van der Waals surface area contributed by atoms with Crippen LogP contribution < -0.4 is 4.74 Å². The molecule has 0 aliphatic heterocycles. The average Bonchev–Trinajstić information content (AvgIpc) is 2.47. The molecule has 106 valence electrons. The molecule has 0 amide bonds. The van der Waals surface area contributed by atoms with Gasteiger partial charge in [-0.3, -0.25) is 4.18 Å². The quantitative estimate of drug-likeness (QED) is 0.783. The summed E-state index contributed by atoms with van der Waals surface area (Å²) in [5.74, 6) is 0. The number of methoxy groups -OCH3 is 1. The zero-order valence-electron chi connectivity index (χ0n) is 11.1. The van der Waals surface area contributed by atoms with Crippen molar-refractivity contribution >= 4 is 10.1 Å². The van der Waals surface area contributed by atoms with Crippen molar-refractivity contribution in [2.45, 2.75) is 11.8 Å². The van der Waals surface area contributed by atoms with Crippen molar-refractivity contribution in [2.24, 2.45) is 0 Å². The van der Waals surface area contributed by atoms with Crippen LogP contribution in [-0.4, -0.2) is 32.1 Å². The van der Waals surface area contributed by atoms with Gasteiger partial charge in [0.2, 0.25) is 0 Å². The predicted molar refractivity (Wildman–Crippen MR) is 72.8 cm³/mol. The monoisotopic (exact) mass is 294 g/mol. The summed E-state index contributed by atoms with van der Waals surface area (Å²) in [4.78, 5) is 8.04. The molecule has 6 nitrogen and oxygen atoms in total. The third kappa shape index (κ3) is 2.94. The van der Waals surface area contributed by atoms with Gasteiger partial charge in [0.15, 0.2) is 0 Å². The van der Waals surface area contributed by atoms with Crippen LogP contribution in [0.15, 0.2) is 41.6 Å². The van der Waals surface area contributed by atoms with Crippen LogP contribution in [0.5, 0.6) is 6.01 Å².